The first-order chi connectivity index (χ1) is 13.6. The van der Waals surface area contributed by atoms with Crippen LogP contribution in [0.25, 0.3) is 10.9 Å². The Kier molecular flexibility index (Phi) is 5.54. The number of hydrogen-bond acceptors (Lipinski definition) is 3. The molecule has 1 fully saturated rings. The van der Waals surface area contributed by atoms with Gasteiger partial charge in [0.05, 0.1) is 16.8 Å². The molecular weight excluding hydrogens is 392 g/mol. The first kappa shape index (κ1) is 20.7. The third kappa shape index (κ3) is 3.79. The van der Waals surface area contributed by atoms with Gasteiger partial charge in [-0.3, -0.25) is 9.59 Å². The van der Waals surface area contributed by atoms with E-state index in [0.717, 1.165) is 12.1 Å². The van der Waals surface area contributed by atoms with Gasteiger partial charge in [-0.2, -0.15) is 0 Å². The van der Waals surface area contributed by atoms with Gasteiger partial charge in [-0.05, 0) is 19.1 Å². The molecule has 0 radical (unpaired) electrons. The number of H-pyrrole nitrogens is 1. The topological polar surface area (TPSA) is 91.2 Å². The summed E-state index contributed by atoms with van der Waals surface area (Å²) in [4.78, 5) is 27.2. The van der Waals surface area contributed by atoms with Crippen LogP contribution in [0, 0.1) is 12.7 Å². The number of carbonyl (C=O) groups excluding carboxylic acids is 2. The lowest BCUT2D eigenvalue weighted by Gasteiger charge is -2.37. The lowest BCUT2D eigenvalue weighted by Crippen LogP contribution is -2.51. The second-order valence-electron chi connectivity index (χ2n) is 6.98. The highest BCUT2D eigenvalue weighted by molar-refractivity contribution is 6.10. The number of carbonyl (C=O) groups is 2. The average molecular weight is 412 g/mol. The van der Waals surface area contributed by atoms with Crippen LogP contribution in [0.1, 0.15) is 34.5 Å². The number of fused-ring (bicyclic) bond motifs is 1. The maximum atomic E-state index is 15.0. The quantitative estimate of drug-likeness (QED) is 0.521. The van der Waals surface area contributed by atoms with Crippen LogP contribution >= 0.6 is 0 Å². The van der Waals surface area contributed by atoms with Crippen LogP contribution in [0.4, 0.5) is 23.2 Å². The summed E-state index contributed by atoms with van der Waals surface area (Å²) in [5.41, 5.74) is 4.28. The Balaban J connectivity index is 2.19. The summed E-state index contributed by atoms with van der Waals surface area (Å²) < 4.78 is 56.9. The van der Waals surface area contributed by atoms with Crippen molar-refractivity contribution in [3.63, 3.8) is 0 Å². The number of aromatic nitrogens is 1. The minimum atomic E-state index is -2.97. The molecule has 1 aromatic heterocycles. The predicted molar refractivity (Wildman–Crippen MR) is 100 cm³/mol. The summed E-state index contributed by atoms with van der Waals surface area (Å²) >= 11 is 0. The van der Waals surface area contributed by atoms with E-state index in [1.165, 1.54) is 11.8 Å². The summed E-state index contributed by atoms with van der Waals surface area (Å²) in [5, 5.41) is 2.33. The van der Waals surface area contributed by atoms with E-state index in [1.54, 1.807) is 0 Å². The van der Waals surface area contributed by atoms with E-state index in [-0.39, 0.29) is 47.4 Å². The summed E-state index contributed by atoms with van der Waals surface area (Å²) in [7, 11) is 0. The van der Waals surface area contributed by atoms with Crippen molar-refractivity contribution in [2.45, 2.75) is 32.0 Å². The second kappa shape index (κ2) is 7.76. The van der Waals surface area contributed by atoms with Gasteiger partial charge in [0.2, 0.25) is 5.91 Å². The number of hydrogen-bond donors (Lipinski definition) is 3. The van der Waals surface area contributed by atoms with Crippen LogP contribution < -0.4 is 16.0 Å². The lowest BCUT2D eigenvalue weighted by molar-refractivity contribution is -0.117. The Morgan fingerprint density at radius 1 is 1.41 bits per heavy atom. The molecule has 2 atom stereocenters. The third-order valence-electron chi connectivity index (χ3n) is 4.97. The zero-order valence-corrected chi connectivity index (χ0v) is 15.6. The van der Waals surface area contributed by atoms with Crippen LogP contribution in [-0.2, 0) is 4.79 Å². The summed E-state index contributed by atoms with van der Waals surface area (Å²) in [5.74, 6) is -2.49. The summed E-state index contributed by atoms with van der Waals surface area (Å²) in [6, 6.07) is 0.175. The van der Waals surface area contributed by atoms with Crippen molar-refractivity contribution in [3.8, 4) is 0 Å². The molecular formula is C19H20F4N4O2. The number of aromatic amines is 1. The fraction of sp³-hybridized carbons (Fsp3) is 0.368. The second-order valence-corrected chi connectivity index (χ2v) is 6.98. The molecule has 2 amide bonds. The Morgan fingerprint density at radius 3 is 2.69 bits per heavy atom. The molecule has 0 aliphatic carbocycles. The Morgan fingerprint density at radius 2 is 2.10 bits per heavy atom. The molecule has 4 N–H and O–H groups in total. The number of nitrogens with two attached hydrogens (primary N) is 1. The van der Waals surface area contributed by atoms with E-state index in [4.69, 9.17) is 5.73 Å². The van der Waals surface area contributed by atoms with Gasteiger partial charge in [-0.1, -0.05) is 6.58 Å². The van der Waals surface area contributed by atoms with Gasteiger partial charge in [-0.25, -0.2) is 17.6 Å². The van der Waals surface area contributed by atoms with Gasteiger partial charge in [0.1, 0.15) is 12.0 Å². The Hall–Kier alpha value is -3.04. The van der Waals surface area contributed by atoms with Crippen LogP contribution in [0.2, 0.25) is 0 Å². The number of nitrogens with one attached hydrogen (secondary N) is 2. The first-order valence-electron chi connectivity index (χ1n) is 8.88. The maximum absolute atomic E-state index is 15.0. The van der Waals surface area contributed by atoms with Crippen molar-refractivity contribution in [3.05, 3.63) is 41.4 Å². The van der Waals surface area contributed by atoms with Crippen molar-refractivity contribution in [1.29, 1.82) is 0 Å². The van der Waals surface area contributed by atoms with Gasteiger partial charge < -0.3 is 20.9 Å². The van der Waals surface area contributed by atoms with Gasteiger partial charge in [0.15, 0.2) is 0 Å². The van der Waals surface area contributed by atoms with Crippen molar-refractivity contribution < 1.29 is 27.2 Å². The molecule has 156 valence electrons. The van der Waals surface area contributed by atoms with Crippen LogP contribution in [0.5, 0.6) is 0 Å². The van der Waals surface area contributed by atoms with Crippen LogP contribution in [0.3, 0.4) is 0 Å². The van der Waals surface area contributed by atoms with Crippen molar-refractivity contribution >= 4 is 28.4 Å². The number of anilines is 1. The molecule has 1 saturated heterocycles. The largest absolute Gasteiger partial charge is 0.366 e. The fourth-order valence-corrected chi connectivity index (χ4v) is 3.84. The molecule has 29 heavy (non-hydrogen) atoms. The lowest BCUT2D eigenvalue weighted by atomic mass is 9.99. The zero-order valence-electron chi connectivity index (χ0n) is 15.6. The zero-order chi connectivity index (χ0) is 21.5. The molecule has 2 heterocycles. The Bertz CT molecular complexity index is 988. The average Bonchev–Trinajstić information content (AvgIpc) is 2.96. The van der Waals surface area contributed by atoms with Crippen LogP contribution in [0.15, 0.2) is 18.7 Å². The number of amides is 2. The number of piperidine rings is 1. The maximum Gasteiger partial charge on any atom is 0.266 e. The number of aryl methyl sites for hydroxylation is 1. The minimum absolute atomic E-state index is 0.00512. The first-order valence-corrected chi connectivity index (χ1v) is 8.88. The normalized spacial score (nSPS) is 19.6. The molecule has 1 aliphatic heterocycles. The van der Waals surface area contributed by atoms with E-state index in [2.05, 4.69) is 16.9 Å². The van der Waals surface area contributed by atoms with E-state index in [0.29, 0.717) is 0 Å². The number of benzene rings is 1. The van der Waals surface area contributed by atoms with Gasteiger partial charge in [0.25, 0.3) is 12.3 Å². The van der Waals surface area contributed by atoms with Gasteiger partial charge in [-0.15, -0.1) is 0 Å². The van der Waals surface area contributed by atoms with Gasteiger partial charge in [0, 0.05) is 42.2 Å². The SMILES string of the molecule is C=CC(=O)N[C@H]1C[C@H](F)CN(c2c(F)cc(C(N)=O)c3[nH]c(C)c(C(F)F)c23)C1. The van der Waals surface area contributed by atoms with Crippen molar-refractivity contribution in [2.75, 3.05) is 18.0 Å². The molecule has 0 saturated carbocycles. The summed E-state index contributed by atoms with van der Waals surface area (Å²) in [6.45, 7) is 4.44. The fourth-order valence-electron chi connectivity index (χ4n) is 3.84. The Labute approximate surface area is 163 Å². The monoisotopic (exact) mass is 412 g/mol. The molecule has 0 unspecified atom stereocenters. The molecule has 3 rings (SSSR count). The number of nitrogens with zero attached hydrogens (tertiary/aromatic N) is 1. The van der Waals surface area contributed by atoms with E-state index in [1.807, 2.05) is 0 Å². The molecule has 0 bridgehead atoms. The predicted octanol–water partition coefficient (Wildman–Crippen LogP) is 2.87. The van der Waals surface area contributed by atoms with Gasteiger partial charge >= 0.3 is 0 Å². The number of rotatable bonds is 5. The molecule has 1 aliphatic rings. The molecule has 0 spiro atoms. The standard InChI is InChI=1S/C19H20F4N4O2/c1-3-13(28)26-10-4-9(20)6-27(7-10)17-12(21)5-11(19(24)29)16-15(17)14(18(22)23)8(2)25-16/h3,5,9-10,18,25H,1,4,6-7H2,2H3,(H2,24,29)(H,26,28)/t9-,10-/m0/s1. The number of alkyl halides is 3. The number of halogens is 4. The van der Waals surface area contributed by atoms with Crippen molar-refractivity contribution in [2.24, 2.45) is 5.73 Å². The molecule has 6 nitrogen and oxygen atoms in total. The minimum Gasteiger partial charge on any atom is -0.366 e. The number of primary amides is 1. The highest BCUT2D eigenvalue weighted by atomic mass is 19.3. The summed E-state index contributed by atoms with van der Waals surface area (Å²) in [6.07, 6.45) is -3.38. The smallest absolute Gasteiger partial charge is 0.266 e. The van der Waals surface area contributed by atoms with E-state index in [9.17, 15) is 22.8 Å². The molecule has 10 heteroatoms. The van der Waals surface area contributed by atoms with E-state index >= 15 is 4.39 Å². The van der Waals surface area contributed by atoms with E-state index < -0.39 is 41.8 Å². The highest BCUT2D eigenvalue weighted by Gasteiger charge is 2.33. The third-order valence-corrected chi connectivity index (χ3v) is 4.97. The van der Waals surface area contributed by atoms with Crippen molar-refractivity contribution in [1.82, 2.24) is 10.3 Å². The van der Waals surface area contributed by atoms with Crippen LogP contribution in [-0.4, -0.2) is 42.1 Å². The molecule has 2 aromatic rings. The highest BCUT2D eigenvalue weighted by Crippen LogP contribution is 2.41. The molecule has 1 aromatic carbocycles.